The molecule has 2 fully saturated rings. The molecular formula is C14H23N5OS. The first kappa shape index (κ1) is 14.6. The number of hydrogen-bond acceptors (Lipinski definition) is 5. The second-order valence-corrected chi connectivity index (χ2v) is 6.42. The summed E-state index contributed by atoms with van der Waals surface area (Å²) in [6, 6.07) is 0. The van der Waals surface area contributed by atoms with Gasteiger partial charge in [-0.25, -0.2) is 4.98 Å². The molecule has 0 spiro atoms. The Labute approximate surface area is 129 Å². The number of guanidine groups is 1. The normalized spacial score (nSPS) is 20.1. The molecule has 2 heterocycles. The molecule has 7 heteroatoms. The SMILES string of the molecule is NC(=NCCOCC1CC1)N1CCN(c2nccs2)CC1. The third-order valence-corrected chi connectivity index (χ3v) is 4.69. The van der Waals surface area contributed by atoms with Crippen LogP contribution in [0.1, 0.15) is 12.8 Å². The molecular weight excluding hydrogens is 286 g/mol. The van der Waals surface area contributed by atoms with Crippen molar-refractivity contribution in [2.45, 2.75) is 12.8 Å². The van der Waals surface area contributed by atoms with Crippen LogP contribution in [0.15, 0.2) is 16.6 Å². The van der Waals surface area contributed by atoms with Gasteiger partial charge in [0.2, 0.25) is 0 Å². The van der Waals surface area contributed by atoms with E-state index in [0.717, 1.165) is 43.8 Å². The van der Waals surface area contributed by atoms with Crippen molar-refractivity contribution in [1.29, 1.82) is 0 Å². The minimum absolute atomic E-state index is 0.642. The van der Waals surface area contributed by atoms with Crippen molar-refractivity contribution in [3.8, 4) is 0 Å². The first-order valence-corrected chi connectivity index (χ1v) is 8.48. The number of anilines is 1. The predicted molar refractivity (Wildman–Crippen MR) is 85.9 cm³/mol. The number of thiazole rings is 1. The molecule has 6 nitrogen and oxygen atoms in total. The van der Waals surface area contributed by atoms with Gasteiger partial charge in [-0.15, -0.1) is 11.3 Å². The number of aliphatic imine (C=N–C) groups is 1. The minimum Gasteiger partial charge on any atom is -0.379 e. The van der Waals surface area contributed by atoms with Crippen LogP contribution in [0.2, 0.25) is 0 Å². The van der Waals surface area contributed by atoms with Crippen molar-refractivity contribution in [3.05, 3.63) is 11.6 Å². The maximum absolute atomic E-state index is 6.06. The summed E-state index contributed by atoms with van der Waals surface area (Å²) in [6.45, 7) is 5.92. The minimum atomic E-state index is 0.642. The zero-order valence-corrected chi connectivity index (χ0v) is 13.1. The van der Waals surface area contributed by atoms with Crippen LogP contribution in [0.25, 0.3) is 0 Å². The van der Waals surface area contributed by atoms with Gasteiger partial charge in [-0.2, -0.15) is 0 Å². The Morgan fingerprint density at radius 2 is 2.19 bits per heavy atom. The van der Waals surface area contributed by atoms with Crippen LogP contribution < -0.4 is 10.6 Å². The first-order valence-electron chi connectivity index (χ1n) is 7.60. The highest BCUT2D eigenvalue weighted by atomic mass is 32.1. The van der Waals surface area contributed by atoms with Crippen molar-refractivity contribution < 1.29 is 4.74 Å². The highest BCUT2D eigenvalue weighted by Gasteiger charge is 2.21. The molecule has 21 heavy (non-hydrogen) atoms. The van der Waals surface area contributed by atoms with Crippen LogP contribution in [0.4, 0.5) is 5.13 Å². The van der Waals surface area contributed by atoms with Crippen LogP contribution in [0, 0.1) is 5.92 Å². The molecule has 0 bridgehead atoms. The van der Waals surface area contributed by atoms with E-state index in [2.05, 4.69) is 19.8 Å². The molecule has 1 aliphatic heterocycles. The Balaban J connectivity index is 1.36. The van der Waals surface area contributed by atoms with Gasteiger partial charge in [-0.1, -0.05) is 0 Å². The first-order chi connectivity index (χ1) is 10.3. The second kappa shape index (κ2) is 7.09. The zero-order chi connectivity index (χ0) is 14.5. The van der Waals surface area contributed by atoms with Crippen LogP contribution in [0.3, 0.4) is 0 Å². The van der Waals surface area contributed by atoms with E-state index < -0.39 is 0 Å². The molecule has 2 N–H and O–H groups in total. The van der Waals surface area contributed by atoms with E-state index in [0.29, 0.717) is 19.1 Å². The summed E-state index contributed by atoms with van der Waals surface area (Å²) in [6.07, 6.45) is 4.51. The predicted octanol–water partition coefficient (Wildman–Crippen LogP) is 1.01. The molecule has 1 aliphatic carbocycles. The van der Waals surface area contributed by atoms with E-state index in [9.17, 15) is 0 Å². The number of nitrogens with zero attached hydrogens (tertiary/aromatic N) is 4. The fourth-order valence-corrected chi connectivity index (χ4v) is 3.05. The number of piperazine rings is 1. The molecule has 2 aliphatic rings. The van der Waals surface area contributed by atoms with Crippen molar-refractivity contribution in [2.75, 3.05) is 50.8 Å². The van der Waals surface area contributed by atoms with Crippen LogP contribution in [-0.4, -0.2) is 61.8 Å². The fraction of sp³-hybridized carbons (Fsp3) is 0.714. The highest BCUT2D eigenvalue weighted by molar-refractivity contribution is 7.13. The van der Waals surface area contributed by atoms with Gasteiger partial charge < -0.3 is 20.3 Å². The number of rotatable bonds is 6. The lowest BCUT2D eigenvalue weighted by Crippen LogP contribution is -2.51. The summed E-state index contributed by atoms with van der Waals surface area (Å²) in [5, 5.41) is 3.11. The van der Waals surface area contributed by atoms with Crippen molar-refractivity contribution >= 4 is 22.4 Å². The van der Waals surface area contributed by atoms with Gasteiger partial charge in [0.15, 0.2) is 11.1 Å². The molecule has 116 valence electrons. The summed E-state index contributed by atoms with van der Waals surface area (Å²) < 4.78 is 5.57. The monoisotopic (exact) mass is 309 g/mol. The average molecular weight is 309 g/mol. The molecule has 0 radical (unpaired) electrons. The Kier molecular flexibility index (Phi) is 4.92. The second-order valence-electron chi connectivity index (χ2n) is 5.55. The molecule has 0 aromatic carbocycles. The average Bonchev–Trinajstić information content (AvgIpc) is 3.18. The van der Waals surface area contributed by atoms with Crippen molar-refractivity contribution in [2.24, 2.45) is 16.6 Å². The molecule has 0 amide bonds. The quantitative estimate of drug-likeness (QED) is 0.482. The smallest absolute Gasteiger partial charge is 0.191 e. The van der Waals surface area contributed by atoms with E-state index in [1.807, 2.05) is 11.6 Å². The third kappa shape index (κ3) is 4.31. The third-order valence-electron chi connectivity index (χ3n) is 3.85. The number of aromatic nitrogens is 1. The molecule has 0 atom stereocenters. The molecule has 1 saturated heterocycles. The van der Waals surface area contributed by atoms with E-state index >= 15 is 0 Å². The van der Waals surface area contributed by atoms with Gasteiger partial charge in [0.1, 0.15) is 0 Å². The lowest BCUT2D eigenvalue weighted by Gasteiger charge is -2.35. The van der Waals surface area contributed by atoms with Gasteiger partial charge in [-0.05, 0) is 18.8 Å². The fourth-order valence-electron chi connectivity index (χ4n) is 2.36. The topological polar surface area (TPSA) is 67.0 Å². The summed E-state index contributed by atoms with van der Waals surface area (Å²) in [5.74, 6) is 1.45. The van der Waals surface area contributed by atoms with Crippen LogP contribution in [0.5, 0.6) is 0 Å². The summed E-state index contributed by atoms with van der Waals surface area (Å²) >= 11 is 1.68. The summed E-state index contributed by atoms with van der Waals surface area (Å²) in [4.78, 5) is 13.2. The Bertz CT molecular complexity index is 452. The molecule has 1 aromatic rings. The largest absolute Gasteiger partial charge is 0.379 e. The summed E-state index contributed by atoms with van der Waals surface area (Å²) in [7, 11) is 0. The Hall–Kier alpha value is -1.34. The Morgan fingerprint density at radius 3 is 2.86 bits per heavy atom. The number of nitrogens with two attached hydrogens (primary N) is 1. The number of ether oxygens (including phenoxy) is 1. The van der Waals surface area contributed by atoms with Crippen molar-refractivity contribution in [1.82, 2.24) is 9.88 Å². The maximum atomic E-state index is 6.06. The van der Waals surface area contributed by atoms with E-state index in [1.165, 1.54) is 12.8 Å². The zero-order valence-electron chi connectivity index (χ0n) is 12.3. The highest BCUT2D eigenvalue weighted by Crippen LogP contribution is 2.28. The lowest BCUT2D eigenvalue weighted by molar-refractivity contribution is 0.131. The Morgan fingerprint density at radius 1 is 1.38 bits per heavy atom. The lowest BCUT2D eigenvalue weighted by atomic mass is 10.3. The molecule has 3 rings (SSSR count). The van der Waals surface area contributed by atoms with E-state index in [4.69, 9.17) is 10.5 Å². The van der Waals surface area contributed by atoms with Crippen molar-refractivity contribution in [3.63, 3.8) is 0 Å². The van der Waals surface area contributed by atoms with Gasteiger partial charge in [-0.3, -0.25) is 4.99 Å². The van der Waals surface area contributed by atoms with E-state index in [-0.39, 0.29) is 0 Å². The van der Waals surface area contributed by atoms with Crippen LogP contribution >= 0.6 is 11.3 Å². The maximum Gasteiger partial charge on any atom is 0.191 e. The molecule has 1 aromatic heterocycles. The summed E-state index contributed by atoms with van der Waals surface area (Å²) in [5.41, 5.74) is 6.06. The molecule has 1 saturated carbocycles. The standard InChI is InChI=1S/C14H23N5OS/c15-13(16-3-9-20-11-12-1-2-12)18-5-7-19(8-6-18)14-17-4-10-21-14/h4,10,12H,1-3,5-9,11H2,(H2,15,16). The van der Waals surface area contributed by atoms with Gasteiger partial charge in [0, 0.05) is 44.4 Å². The van der Waals surface area contributed by atoms with Gasteiger partial charge >= 0.3 is 0 Å². The van der Waals surface area contributed by atoms with Gasteiger partial charge in [0.05, 0.1) is 13.2 Å². The van der Waals surface area contributed by atoms with Crippen LogP contribution in [-0.2, 0) is 4.74 Å². The number of hydrogen-bond donors (Lipinski definition) is 1. The van der Waals surface area contributed by atoms with E-state index in [1.54, 1.807) is 11.3 Å². The van der Waals surface area contributed by atoms with Gasteiger partial charge in [0.25, 0.3) is 0 Å². The molecule has 0 unspecified atom stereocenters.